The van der Waals surface area contributed by atoms with Crippen LogP contribution in [-0.4, -0.2) is 41.4 Å². The standard InChI is InChI=1S/C27H25Cl2N3O2/c1-16(33)22-15-30-25-8-7-18(19-13-23(28)27(34)24(29)14-19)12-21(25)26(22)31-20-6-4-5-17(11-20)9-10-32(2)3/h4-8,11-15,34H,9-10H2,1-3H3,(H,30,31). The summed E-state index contributed by atoms with van der Waals surface area (Å²) in [6.07, 6.45) is 2.53. The third-order valence-corrected chi connectivity index (χ3v) is 6.22. The summed E-state index contributed by atoms with van der Waals surface area (Å²) in [7, 11) is 4.10. The highest BCUT2D eigenvalue weighted by atomic mass is 35.5. The molecular formula is C27H25Cl2N3O2. The number of nitrogens with zero attached hydrogens (tertiary/aromatic N) is 2. The van der Waals surface area contributed by atoms with Crippen molar-refractivity contribution in [1.82, 2.24) is 9.88 Å². The number of halogens is 2. The van der Waals surface area contributed by atoms with Crippen molar-refractivity contribution < 1.29 is 9.90 Å². The van der Waals surface area contributed by atoms with Crippen molar-refractivity contribution in [1.29, 1.82) is 0 Å². The van der Waals surface area contributed by atoms with Gasteiger partial charge in [0.05, 0.1) is 26.8 Å². The van der Waals surface area contributed by atoms with Crippen molar-refractivity contribution in [3.8, 4) is 16.9 Å². The number of pyridine rings is 1. The van der Waals surface area contributed by atoms with Crippen LogP contribution >= 0.6 is 23.2 Å². The smallest absolute Gasteiger partial charge is 0.163 e. The van der Waals surface area contributed by atoms with E-state index in [9.17, 15) is 9.90 Å². The van der Waals surface area contributed by atoms with Crippen molar-refractivity contribution in [2.45, 2.75) is 13.3 Å². The summed E-state index contributed by atoms with van der Waals surface area (Å²) < 4.78 is 0. The number of hydrogen-bond acceptors (Lipinski definition) is 5. The van der Waals surface area contributed by atoms with E-state index in [1.807, 2.05) is 30.3 Å². The van der Waals surface area contributed by atoms with E-state index in [-0.39, 0.29) is 21.6 Å². The molecule has 0 unspecified atom stereocenters. The molecule has 0 saturated carbocycles. The fraction of sp³-hybridized carbons (Fsp3) is 0.185. The summed E-state index contributed by atoms with van der Waals surface area (Å²) in [6, 6.07) is 17.3. The Balaban J connectivity index is 1.82. The number of aromatic hydroxyl groups is 1. The first-order valence-electron chi connectivity index (χ1n) is 10.9. The molecule has 34 heavy (non-hydrogen) atoms. The summed E-state index contributed by atoms with van der Waals surface area (Å²) in [5, 5.41) is 14.5. The van der Waals surface area contributed by atoms with Gasteiger partial charge in [-0.05, 0) is 80.5 Å². The Morgan fingerprint density at radius 3 is 2.44 bits per heavy atom. The molecule has 0 atom stereocenters. The van der Waals surface area contributed by atoms with Crippen LogP contribution in [0.2, 0.25) is 10.0 Å². The minimum absolute atomic E-state index is 0.0817. The van der Waals surface area contributed by atoms with E-state index < -0.39 is 0 Å². The highest BCUT2D eigenvalue weighted by Gasteiger charge is 2.15. The Hall–Kier alpha value is -3.12. The molecular weight excluding hydrogens is 469 g/mol. The van der Waals surface area contributed by atoms with Crippen LogP contribution in [0, 0.1) is 0 Å². The van der Waals surface area contributed by atoms with Gasteiger partial charge < -0.3 is 15.3 Å². The molecule has 0 aliphatic carbocycles. The Bertz CT molecular complexity index is 1360. The Morgan fingerprint density at radius 2 is 1.76 bits per heavy atom. The number of aromatic nitrogens is 1. The number of ketones is 1. The zero-order valence-electron chi connectivity index (χ0n) is 19.2. The lowest BCUT2D eigenvalue weighted by Gasteiger charge is -2.16. The fourth-order valence-electron chi connectivity index (χ4n) is 3.81. The quantitative estimate of drug-likeness (QED) is 0.272. The number of phenolic OH excluding ortho intramolecular Hbond substituents is 1. The molecule has 174 valence electrons. The number of rotatable bonds is 7. The van der Waals surface area contributed by atoms with Crippen molar-refractivity contribution in [2.75, 3.05) is 26.0 Å². The van der Waals surface area contributed by atoms with Gasteiger partial charge in [-0.1, -0.05) is 41.4 Å². The molecule has 2 N–H and O–H groups in total. The molecule has 0 aliphatic heterocycles. The maximum atomic E-state index is 12.5. The van der Waals surface area contributed by atoms with Crippen LogP contribution in [0.5, 0.6) is 5.75 Å². The molecule has 4 rings (SSSR count). The molecule has 7 heteroatoms. The van der Waals surface area contributed by atoms with Crippen LogP contribution < -0.4 is 5.32 Å². The number of Topliss-reactive ketones (excluding diaryl/α,β-unsaturated/α-hetero) is 1. The van der Waals surface area contributed by atoms with Crippen LogP contribution in [0.3, 0.4) is 0 Å². The highest BCUT2D eigenvalue weighted by molar-refractivity contribution is 6.37. The van der Waals surface area contributed by atoms with Gasteiger partial charge in [-0.25, -0.2) is 0 Å². The monoisotopic (exact) mass is 493 g/mol. The average molecular weight is 494 g/mol. The minimum Gasteiger partial charge on any atom is -0.505 e. The third kappa shape index (κ3) is 5.17. The maximum absolute atomic E-state index is 12.5. The van der Waals surface area contributed by atoms with Gasteiger partial charge in [0.15, 0.2) is 11.5 Å². The van der Waals surface area contributed by atoms with Crippen molar-refractivity contribution in [2.24, 2.45) is 0 Å². The predicted molar refractivity (Wildman–Crippen MR) is 141 cm³/mol. The Morgan fingerprint density at radius 1 is 1.03 bits per heavy atom. The Kier molecular flexibility index (Phi) is 7.08. The predicted octanol–water partition coefficient (Wildman–Crippen LogP) is 6.96. The number of nitrogens with one attached hydrogen (secondary N) is 1. The van der Waals surface area contributed by atoms with Crippen LogP contribution in [0.4, 0.5) is 11.4 Å². The lowest BCUT2D eigenvalue weighted by Crippen LogP contribution is -2.15. The molecule has 0 bridgehead atoms. The largest absolute Gasteiger partial charge is 0.505 e. The SMILES string of the molecule is CC(=O)c1cnc2ccc(-c3cc(Cl)c(O)c(Cl)c3)cc2c1Nc1cccc(CCN(C)C)c1. The van der Waals surface area contributed by atoms with Gasteiger partial charge in [0.1, 0.15) is 0 Å². The summed E-state index contributed by atoms with van der Waals surface area (Å²) in [5.41, 5.74) is 5.63. The van der Waals surface area contributed by atoms with Crippen LogP contribution in [0.1, 0.15) is 22.8 Å². The van der Waals surface area contributed by atoms with Gasteiger partial charge in [0, 0.05) is 23.8 Å². The lowest BCUT2D eigenvalue weighted by molar-refractivity contribution is 0.101. The number of benzene rings is 3. The average Bonchev–Trinajstić information content (AvgIpc) is 2.81. The van der Waals surface area contributed by atoms with Gasteiger partial charge >= 0.3 is 0 Å². The van der Waals surface area contributed by atoms with Crippen LogP contribution in [0.15, 0.2) is 60.8 Å². The van der Waals surface area contributed by atoms with Crippen LogP contribution in [0.25, 0.3) is 22.0 Å². The molecule has 0 radical (unpaired) electrons. The number of carbonyl (C=O) groups excluding carboxylic acids is 1. The van der Waals surface area contributed by atoms with Crippen molar-refractivity contribution in [3.05, 3.63) is 82.0 Å². The molecule has 0 saturated heterocycles. The number of hydrogen-bond donors (Lipinski definition) is 2. The first-order chi connectivity index (χ1) is 16.2. The molecule has 1 heterocycles. The van der Waals surface area contributed by atoms with E-state index in [1.165, 1.54) is 12.5 Å². The van der Waals surface area contributed by atoms with E-state index in [0.29, 0.717) is 11.3 Å². The summed E-state index contributed by atoms with van der Waals surface area (Å²) in [4.78, 5) is 19.1. The number of likely N-dealkylation sites (N-methyl/N-ethyl adjacent to an activating group) is 1. The fourth-order valence-corrected chi connectivity index (χ4v) is 4.29. The van der Waals surface area contributed by atoms with E-state index in [0.717, 1.165) is 40.7 Å². The van der Waals surface area contributed by atoms with E-state index in [4.69, 9.17) is 23.2 Å². The molecule has 3 aromatic carbocycles. The summed E-state index contributed by atoms with van der Waals surface area (Å²) >= 11 is 12.3. The van der Waals surface area contributed by atoms with Gasteiger partial charge in [0.25, 0.3) is 0 Å². The number of carbonyl (C=O) groups is 1. The first-order valence-corrected chi connectivity index (χ1v) is 11.6. The second-order valence-electron chi connectivity index (χ2n) is 8.50. The molecule has 5 nitrogen and oxygen atoms in total. The zero-order chi connectivity index (χ0) is 24.4. The second kappa shape index (κ2) is 10.0. The number of fused-ring (bicyclic) bond motifs is 1. The normalized spacial score (nSPS) is 11.2. The number of phenols is 1. The first kappa shape index (κ1) is 24.0. The third-order valence-electron chi connectivity index (χ3n) is 5.64. The molecule has 0 amide bonds. The van der Waals surface area contributed by atoms with Gasteiger partial charge in [-0.3, -0.25) is 9.78 Å². The van der Waals surface area contributed by atoms with Crippen LogP contribution in [-0.2, 0) is 6.42 Å². The van der Waals surface area contributed by atoms with Crippen molar-refractivity contribution >= 4 is 51.3 Å². The van der Waals surface area contributed by atoms with E-state index >= 15 is 0 Å². The molecule has 0 aliphatic rings. The van der Waals surface area contributed by atoms with E-state index in [1.54, 1.807) is 18.3 Å². The molecule has 0 spiro atoms. The Labute approximate surface area is 209 Å². The topological polar surface area (TPSA) is 65.5 Å². The summed E-state index contributed by atoms with van der Waals surface area (Å²) in [6.45, 7) is 2.48. The lowest BCUT2D eigenvalue weighted by atomic mass is 10.00. The molecule has 1 aromatic heterocycles. The summed E-state index contributed by atoms with van der Waals surface area (Å²) in [5.74, 6) is -0.230. The minimum atomic E-state index is -0.148. The van der Waals surface area contributed by atoms with Gasteiger partial charge in [-0.2, -0.15) is 0 Å². The maximum Gasteiger partial charge on any atom is 0.163 e. The van der Waals surface area contributed by atoms with E-state index in [2.05, 4.69) is 41.4 Å². The van der Waals surface area contributed by atoms with Gasteiger partial charge in [-0.15, -0.1) is 0 Å². The number of anilines is 2. The molecule has 0 fully saturated rings. The van der Waals surface area contributed by atoms with Crippen molar-refractivity contribution in [3.63, 3.8) is 0 Å². The highest BCUT2D eigenvalue weighted by Crippen LogP contribution is 2.38. The molecule has 4 aromatic rings. The zero-order valence-corrected chi connectivity index (χ0v) is 20.7. The van der Waals surface area contributed by atoms with Gasteiger partial charge in [0.2, 0.25) is 0 Å². The second-order valence-corrected chi connectivity index (χ2v) is 9.32.